The second-order valence-corrected chi connectivity index (χ2v) is 7.13. The summed E-state index contributed by atoms with van der Waals surface area (Å²) in [6.45, 7) is 0.313. The van der Waals surface area contributed by atoms with Gasteiger partial charge in [0, 0.05) is 21.8 Å². The summed E-state index contributed by atoms with van der Waals surface area (Å²) in [4.78, 5) is 15.1. The molecule has 4 nitrogen and oxygen atoms in total. The third-order valence-corrected chi connectivity index (χ3v) is 4.78. The third kappa shape index (κ3) is 4.64. The Morgan fingerprint density at radius 1 is 1.24 bits per heavy atom. The van der Waals surface area contributed by atoms with Crippen LogP contribution >= 0.6 is 27.3 Å². The van der Waals surface area contributed by atoms with E-state index in [2.05, 4.69) is 20.9 Å². The summed E-state index contributed by atoms with van der Waals surface area (Å²) < 4.78 is 19.7. The molecule has 1 aromatic heterocycles. The molecule has 1 heterocycles. The van der Waals surface area contributed by atoms with Crippen LogP contribution in [0.15, 0.2) is 52.3 Å². The van der Waals surface area contributed by atoms with Gasteiger partial charge >= 0.3 is 5.97 Å². The smallest absolute Gasteiger partial charge is 0.355 e. The molecule has 0 spiro atoms. The minimum Gasteiger partial charge on any atom is -0.489 e. The fourth-order valence-corrected chi connectivity index (χ4v) is 3.42. The Labute approximate surface area is 156 Å². The highest BCUT2D eigenvalue weighted by Gasteiger charge is 2.12. The van der Waals surface area contributed by atoms with E-state index in [0.29, 0.717) is 23.8 Å². The normalized spacial score (nSPS) is 10.6. The molecule has 0 amide bonds. The van der Waals surface area contributed by atoms with Crippen LogP contribution in [-0.4, -0.2) is 16.1 Å². The van der Waals surface area contributed by atoms with Crippen LogP contribution in [-0.2, 0) is 13.0 Å². The van der Waals surface area contributed by atoms with Crippen LogP contribution in [0.2, 0.25) is 0 Å². The molecule has 0 bridgehead atoms. The summed E-state index contributed by atoms with van der Waals surface area (Å²) >= 11 is 4.73. The van der Waals surface area contributed by atoms with Crippen LogP contribution in [0.1, 0.15) is 26.6 Å². The van der Waals surface area contributed by atoms with Gasteiger partial charge < -0.3 is 9.84 Å². The lowest BCUT2D eigenvalue weighted by Crippen LogP contribution is -2.00. The first-order valence-electron chi connectivity index (χ1n) is 7.34. The van der Waals surface area contributed by atoms with Crippen molar-refractivity contribution >= 4 is 33.2 Å². The number of aromatic nitrogens is 1. The number of aromatic carboxylic acids is 1. The fourth-order valence-electron chi connectivity index (χ4n) is 2.22. The van der Waals surface area contributed by atoms with Gasteiger partial charge in [-0.05, 0) is 35.9 Å². The highest BCUT2D eigenvalue weighted by atomic mass is 79.9. The molecular weight excluding hydrogens is 409 g/mol. The standard InChI is InChI=1S/C18H13BrFNO3S/c19-13-3-6-16(24-9-11-1-4-14(20)5-2-11)12(7-13)8-17-21-15(10-25-17)18(22)23/h1-7,10H,8-9H2,(H,22,23). The van der Waals surface area contributed by atoms with Gasteiger partial charge in [-0.2, -0.15) is 0 Å². The van der Waals surface area contributed by atoms with E-state index in [9.17, 15) is 9.18 Å². The molecule has 3 rings (SSSR count). The van der Waals surface area contributed by atoms with Crippen molar-refractivity contribution in [3.63, 3.8) is 0 Å². The van der Waals surface area contributed by atoms with Gasteiger partial charge in [-0.15, -0.1) is 11.3 Å². The first-order chi connectivity index (χ1) is 12.0. The number of nitrogens with zero attached hydrogens (tertiary/aromatic N) is 1. The van der Waals surface area contributed by atoms with Crippen molar-refractivity contribution in [2.24, 2.45) is 0 Å². The molecule has 25 heavy (non-hydrogen) atoms. The highest BCUT2D eigenvalue weighted by molar-refractivity contribution is 9.10. The van der Waals surface area contributed by atoms with Gasteiger partial charge in [0.15, 0.2) is 5.69 Å². The Kier molecular flexibility index (Phi) is 5.45. The molecule has 0 aliphatic rings. The summed E-state index contributed by atoms with van der Waals surface area (Å²) in [5.41, 5.74) is 1.80. The van der Waals surface area contributed by atoms with Crippen molar-refractivity contribution in [1.82, 2.24) is 4.98 Å². The molecule has 0 radical (unpaired) electrons. The van der Waals surface area contributed by atoms with E-state index in [-0.39, 0.29) is 11.5 Å². The zero-order valence-electron chi connectivity index (χ0n) is 12.9. The van der Waals surface area contributed by atoms with Crippen molar-refractivity contribution in [1.29, 1.82) is 0 Å². The Bertz CT molecular complexity index is 896. The Balaban J connectivity index is 1.77. The van der Waals surface area contributed by atoms with Crippen LogP contribution in [0.3, 0.4) is 0 Å². The number of benzene rings is 2. The number of hydrogen-bond acceptors (Lipinski definition) is 4. The number of rotatable bonds is 6. The Morgan fingerprint density at radius 3 is 2.68 bits per heavy atom. The van der Waals surface area contributed by atoms with Crippen LogP contribution in [0, 0.1) is 5.82 Å². The van der Waals surface area contributed by atoms with Crippen molar-refractivity contribution < 1.29 is 19.0 Å². The molecule has 0 aliphatic carbocycles. The number of halogens is 2. The van der Waals surface area contributed by atoms with Crippen molar-refractivity contribution in [3.05, 3.63) is 80.0 Å². The van der Waals surface area contributed by atoms with Crippen molar-refractivity contribution in [2.75, 3.05) is 0 Å². The molecule has 7 heteroatoms. The first-order valence-corrected chi connectivity index (χ1v) is 9.02. The van der Waals surface area contributed by atoms with Crippen LogP contribution in [0.4, 0.5) is 4.39 Å². The van der Waals surface area contributed by atoms with Gasteiger partial charge in [0.2, 0.25) is 0 Å². The van der Waals surface area contributed by atoms with E-state index < -0.39 is 5.97 Å². The van der Waals surface area contributed by atoms with Crippen LogP contribution in [0.5, 0.6) is 5.75 Å². The molecule has 0 saturated carbocycles. The number of carbonyl (C=O) groups is 1. The molecule has 0 saturated heterocycles. The minimum atomic E-state index is -1.04. The van der Waals surface area contributed by atoms with E-state index in [4.69, 9.17) is 9.84 Å². The van der Waals surface area contributed by atoms with Crippen LogP contribution in [0.25, 0.3) is 0 Å². The number of ether oxygens (including phenoxy) is 1. The molecular formula is C18H13BrFNO3S. The number of carboxylic acids is 1. The van der Waals surface area contributed by atoms with Gasteiger partial charge in [-0.1, -0.05) is 28.1 Å². The number of hydrogen-bond donors (Lipinski definition) is 1. The van der Waals surface area contributed by atoms with E-state index in [1.807, 2.05) is 18.2 Å². The summed E-state index contributed by atoms with van der Waals surface area (Å²) in [6, 6.07) is 11.8. The zero-order chi connectivity index (χ0) is 17.8. The molecule has 2 aromatic carbocycles. The predicted octanol–water partition coefficient (Wildman–Crippen LogP) is 4.91. The quantitative estimate of drug-likeness (QED) is 0.613. The van der Waals surface area contributed by atoms with Crippen molar-refractivity contribution in [3.8, 4) is 5.75 Å². The fraction of sp³-hybridized carbons (Fsp3) is 0.111. The lowest BCUT2D eigenvalue weighted by atomic mass is 10.1. The van der Waals surface area contributed by atoms with E-state index in [1.54, 1.807) is 12.1 Å². The lowest BCUT2D eigenvalue weighted by molar-refractivity contribution is 0.0691. The highest BCUT2D eigenvalue weighted by Crippen LogP contribution is 2.27. The molecule has 0 unspecified atom stereocenters. The maximum atomic E-state index is 13.0. The van der Waals surface area contributed by atoms with Crippen LogP contribution < -0.4 is 4.74 Å². The van der Waals surface area contributed by atoms with Crippen molar-refractivity contribution in [2.45, 2.75) is 13.0 Å². The largest absolute Gasteiger partial charge is 0.489 e. The summed E-state index contributed by atoms with van der Waals surface area (Å²) in [5, 5.41) is 11.2. The van der Waals surface area contributed by atoms with E-state index in [1.165, 1.54) is 28.8 Å². The van der Waals surface area contributed by atoms with Gasteiger partial charge in [-0.25, -0.2) is 14.2 Å². The average molecular weight is 422 g/mol. The third-order valence-electron chi connectivity index (χ3n) is 3.44. The second-order valence-electron chi connectivity index (χ2n) is 5.28. The monoisotopic (exact) mass is 421 g/mol. The lowest BCUT2D eigenvalue weighted by Gasteiger charge is -2.11. The molecule has 0 atom stereocenters. The van der Waals surface area contributed by atoms with E-state index >= 15 is 0 Å². The molecule has 0 fully saturated rings. The second kappa shape index (κ2) is 7.76. The molecule has 1 N–H and O–H groups in total. The Hall–Kier alpha value is -2.25. The number of carboxylic acid groups (broad SMARTS) is 1. The zero-order valence-corrected chi connectivity index (χ0v) is 15.3. The molecule has 128 valence electrons. The maximum Gasteiger partial charge on any atom is 0.355 e. The predicted molar refractivity (Wildman–Crippen MR) is 96.8 cm³/mol. The Morgan fingerprint density at radius 2 is 2.00 bits per heavy atom. The SMILES string of the molecule is O=C(O)c1csc(Cc2cc(Br)ccc2OCc2ccc(F)cc2)n1. The molecule has 0 aliphatic heterocycles. The summed E-state index contributed by atoms with van der Waals surface area (Å²) in [6.07, 6.45) is 0.468. The minimum absolute atomic E-state index is 0.0452. The summed E-state index contributed by atoms with van der Waals surface area (Å²) in [7, 11) is 0. The van der Waals surface area contributed by atoms with Gasteiger partial charge in [0.25, 0.3) is 0 Å². The maximum absolute atomic E-state index is 13.0. The first kappa shape index (κ1) is 17.6. The summed E-state index contributed by atoms with van der Waals surface area (Å²) in [5.74, 6) is -0.643. The number of thiazole rings is 1. The molecule has 3 aromatic rings. The van der Waals surface area contributed by atoms with Gasteiger partial charge in [0.1, 0.15) is 18.2 Å². The van der Waals surface area contributed by atoms with Gasteiger partial charge in [0.05, 0.1) is 5.01 Å². The topological polar surface area (TPSA) is 59.4 Å². The van der Waals surface area contributed by atoms with E-state index in [0.717, 1.165) is 15.6 Å². The average Bonchev–Trinajstić information content (AvgIpc) is 3.04. The van der Waals surface area contributed by atoms with Gasteiger partial charge in [-0.3, -0.25) is 0 Å².